The Morgan fingerprint density at radius 1 is 1.08 bits per heavy atom. The van der Waals surface area contributed by atoms with E-state index in [1.165, 1.54) is 31.8 Å². The Bertz CT molecular complexity index is 1220. The summed E-state index contributed by atoms with van der Waals surface area (Å²) in [5.74, 6) is 2.73. The van der Waals surface area contributed by atoms with Crippen LogP contribution in [0.1, 0.15) is 17.5 Å². The number of carbonyl (C=O) groups excluding carboxylic acids is 1. The Morgan fingerprint density at radius 3 is 2.25 bits per heavy atom. The molecule has 2 aliphatic rings. The summed E-state index contributed by atoms with van der Waals surface area (Å²) in [7, 11) is 0.669. The van der Waals surface area contributed by atoms with Crippen molar-refractivity contribution < 1.29 is 27.4 Å². The molecule has 4 rings (SSSR count). The van der Waals surface area contributed by atoms with Gasteiger partial charge in [0, 0.05) is 23.6 Å². The molecule has 1 N–H and O–H groups in total. The van der Waals surface area contributed by atoms with Gasteiger partial charge in [-0.15, -0.1) is 23.5 Å². The van der Waals surface area contributed by atoms with Gasteiger partial charge >= 0.3 is 0 Å². The maximum atomic E-state index is 13.5. The molecule has 2 saturated heterocycles. The summed E-state index contributed by atoms with van der Waals surface area (Å²) in [6, 6.07) is 9.21. The summed E-state index contributed by atoms with van der Waals surface area (Å²) in [5, 5.41) is 4.10. The van der Waals surface area contributed by atoms with Crippen LogP contribution in [0.4, 0.5) is 0 Å². The van der Waals surface area contributed by atoms with E-state index in [1.807, 2.05) is 6.92 Å². The number of carbonyl (C=O) groups is 1. The minimum absolute atomic E-state index is 0.178. The number of thioether (sulfide) groups is 2. The van der Waals surface area contributed by atoms with E-state index in [2.05, 4.69) is 10.5 Å². The summed E-state index contributed by atoms with van der Waals surface area (Å²) in [5.41, 5.74) is 4.11. The quantitative estimate of drug-likeness (QED) is 0.394. The van der Waals surface area contributed by atoms with Crippen molar-refractivity contribution in [3.63, 3.8) is 0 Å². The maximum Gasteiger partial charge on any atom is 0.258 e. The molecule has 0 aromatic heterocycles. The van der Waals surface area contributed by atoms with Gasteiger partial charge in [0.25, 0.3) is 5.91 Å². The fourth-order valence-electron chi connectivity index (χ4n) is 4.26. The predicted molar refractivity (Wildman–Crippen MR) is 143 cm³/mol. The van der Waals surface area contributed by atoms with Gasteiger partial charge in [-0.25, -0.2) is 13.8 Å². The molecule has 0 aliphatic carbocycles. The zero-order chi connectivity index (χ0) is 25.9. The number of hydrogen-bond acceptors (Lipinski definition) is 9. The molecule has 2 fully saturated rings. The summed E-state index contributed by atoms with van der Waals surface area (Å²) in [4.78, 5) is 13.4. The molecule has 0 saturated carbocycles. The standard InChI is InChI=1S/C24H29N3O6S3/c1-16-5-7-18(8-6-16)36(29,30)27-15-24(34-9-10-35-24)13-19(27)23(28)26-25-14-17-11-20(31-2)22(33-4)21(12-17)32-3/h5-8,11-12,14,19H,9-10,13,15H2,1-4H3,(H,26,28)/b25-14+/t19-/m0/s1. The number of ether oxygens (including phenoxy) is 3. The van der Waals surface area contributed by atoms with E-state index in [-0.39, 0.29) is 15.5 Å². The van der Waals surface area contributed by atoms with E-state index in [1.54, 1.807) is 59.9 Å². The second-order valence-corrected chi connectivity index (χ2v) is 13.5. The van der Waals surface area contributed by atoms with Crippen LogP contribution in [0.5, 0.6) is 17.2 Å². The van der Waals surface area contributed by atoms with E-state index in [0.29, 0.717) is 29.2 Å². The molecular weight excluding hydrogens is 522 g/mol. The summed E-state index contributed by atoms with van der Waals surface area (Å²) < 4.78 is 44.1. The van der Waals surface area contributed by atoms with Crippen molar-refractivity contribution in [3.8, 4) is 17.2 Å². The molecule has 1 atom stereocenters. The minimum atomic E-state index is -3.87. The number of nitrogens with one attached hydrogen (secondary N) is 1. The Kier molecular flexibility index (Phi) is 8.08. The van der Waals surface area contributed by atoms with Gasteiger partial charge in [-0.1, -0.05) is 17.7 Å². The average molecular weight is 552 g/mol. The molecule has 0 radical (unpaired) electrons. The molecule has 0 unspecified atom stereocenters. The van der Waals surface area contributed by atoms with Crippen LogP contribution in [0.25, 0.3) is 0 Å². The summed E-state index contributed by atoms with van der Waals surface area (Å²) in [6.07, 6.45) is 1.87. The molecule has 2 aromatic carbocycles. The summed E-state index contributed by atoms with van der Waals surface area (Å²) >= 11 is 3.44. The molecule has 1 spiro atoms. The van der Waals surface area contributed by atoms with Crippen molar-refractivity contribution in [3.05, 3.63) is 47.5 Å². The first-order valence-corrected chi connectivity index (χ1v) is 14.6. The Balaban J connectivity index is 1.56. The van der Waals surface area contributed by atoms with Crippen molar-refractivity contribution in [1.29, 1.82) is 0 Å². The molecule has 12 heteroatoms. The van der Waals surface area contributed by atoms with Crippen LogP contribution in [0.3, 0.4) is 0 Å². The highest BCUT2D eigenvalue weighted by Gasteiger charge is 2.53. The molecule has 2 aliphatic heterocycles. The third-order valence-electron chi connectivity index (χ3n) is 6.07. The van der Waals surface area contributed by atoms with Crippen molar-refractivity contribution in [1.82, 2.24) is 9.73 Å². The van der Waals surface area contributed by atoms with E-state index in [9.17, 15) is 13.2 Å². The molecule has 0 bridgehead atoms. The van der Waals surface area contributed by atoms with Gasteiger partial charge in [-0.05, 0) is 37.6 Å². The topological polar surface area (TPSA) is 107 Å². The molecular formula is C24H29N3O6S3. The van der Waals surface area contributed by atoms with Gasteiger partial charge in [-0.2, -0.15) is 9.41 Å². The molecule has 2 aromatic rings. The lowest BCUT2D eigenvalue weighted by molar-refractivity contribution is -0.124. The van der Waals surface area contributed by atoms with Crippen LogP contribution in [0, 0.1) is 6.92 Å². The zero-order valence-electron chi connectivity index (χ0n) is 20.5. The third-order valence-corrected chi connectivity index (χ3v) is 11.4. The van der Waals surface area contributed by atoms with E-state index >= 15 is 0 Å². The SMILES string of the molecule is COc1cc(/C=N/NC(=O)[C@@H]2CC3(CN2S(=O)(=O)c2ccc(C)cc2)SCCS3)cc(OC)c1OC. The monoisotopic (exact) mass is 551 g/mol. The van der Waals surface area contributed by atoms with Gasteiger partial charge in [0.05, 0.1) is 36.5 Å². The smallest absolute Gasteiger partial charge is 0.258 e. The largest absolute Gasteiger partial charge is 0.493 e. The zero-order valence-corrected chi connectivity index (χ0v) is 23.0. The Labute approximate surface area is 220 Å². The predicted octanol–water partition coefficient (Wildman–Crippen LogP) is 3.11. The van der Waals surface area contributed by atoms with E-state index in [4.69, 9.17) is 14.2 Å². The van der Waals surface area contributed by atoms with Crippen LogP contribution in [-0.2, 0) is 14.8 Å². The normalized spacial score (nSPS) is 19.6. The lowest BCUT2D eigenvalue weighted by atomic mass is 10.2. The fourth-order valence-corrected chi connectivity index (χ4v) is 9.32. The highest BCUT2D eigenvalue weighted by atomic mass is 32.2. The number of sulfonamides is 1. The van der Waals surface area contributed by atoms with Crippen LogP contribution >= 0.6 is 23.5 Å². The number of amides is 1. The number of aryl methyl sites for hydroxylation is 1. The number of benzene rings is 2. The van der Waals surface area contributed by atoms with Crippen molar-refractivity contribution in [2.75, 3.05) is 39.4 Å². The number of nitrogens with zero attached hydrogens (tertiary/aromatic N) is 2. The number of hydrogen-bond donors (Lipinski definition) is 1. The lowest BCUT2D eigenvalue weighted by Gasteiger charge is -2.23. The Hall–Kier alpha value is -2.41. The highest BCUT2D eigenvalue weighted by molar-refractivity contribution is 8.21. The summed E-state index contributed by atoms with van der Waals surface area (Å²) in [6.45, 7) is 2.17. The van der Waals surface area contributed by atoms with Crippen LogP contribution in [0.15, 0.2) is 46.4 Å². The molecule has 194 valence electrons. The molecule has 9 nitrogen and oxygen atoms in total. The van der Waals surface area contributed by atoms with Crippen LogP contribution in [-0.4, -0.2) is 74.3 Å². The van der Waals surface area contributed by atoms with Crippen molar-refractivity contribution >= 4 is 45.7 Å². The maximum absolute atomic E-state index is 13.5. The molecule has 2 heterocycles. The number of hydrazone groups is 1. The van der Waals surface area contributed by atoms with Crippen LogP contribution in [0.2, 0.25) is 0 Å². The first kappa shape index (κ1) is 26.6. The third kappa shape index (κ3) is 5.31. The first-order chi connectivity index (χ1) is 17.2. The van der Waals surface area contributed by atoms with E-state index < -0.39 is 22.0 Å². The van der Waals surface area contributed by atoms with Gasteiger partial charge in [0.2, 0.25) is 15.8 Å². The fraction of sp³-hybridized carbons (Fsp3) is 0.417. The van der Waals surface area contributed by atoms with Gasteiger partial charge in [-0.3, -0.25) is 4.79 Å². The second-order valence-electron chi connectivity index (χ2n) is 8.38. The van der Waals surface area contributed by atoms with E-state index in [0.717, 1.165) is 17.1 Å². The van der Waals surface area contributed by atoms with Crippen molar-refractivity contribution in [2.24, 2.45) is 5.10 Å². The molecule has 1 amide bonds. The van der Waals surface area contributed by atoms with Gasteiger partial charge in [0.1, 0.15) is 6.04 Å². The highest BCUT2D eigenvalue weighted by Crippen LogP contribution is 2.52. The minimum Gasteiger partial charge on any atom is -0.493 e. The van der Waals surface area contributed by atoms with Gasteiger partial charge in [0.15, 0.2) is 11.5 Å². The average Bonchev–Trinajstić information content (AvgIpc) is 3.50. The first-order valence-electron chi connectivity index (χ1n) is 11.2. The second kappa shape index (κ2) is 10.9. The number of methoxy groups -OCH3 is 3. The number of rotatable bonds is 8. The van der Waals surface area contributed by atoms with Gasteiger partial charge < -0.3 is 14.2 Å². The van der Waals surface area contributed by atoms with Crippen molar-refractivity contribution in [2.45, 2.75) is 28.4 Å². The van der Waals surface area contributed by atoms with Crippen LogP contribution < -0.4 is 19.6 Å². The lowest BCUT2D eigenvalue weighted by Crippen LogP contribution is -2.44. The molecule has 36 heavy (non-hydrogen) atoms. The Morgan fingerprint density at radius 2 is 1.69 bits per heavy atom.